The van der Waals surface area contributed by atoms with Gasteiger partial charge in [-0.15, -0.1) is 11.3 Å². The topological polar surface area (TPSA) is 109 Å². The van der Waals surface area contributed by atoms with Gasteiger partial charge in [-0.1, -0.05) is 5.16 Å². The lowest BCUT2D eigenvalue weighted by atomic mass is 9.97. The molecule has 1 atom stereocenters. The monoisotopic (exact) mass is 424 g/mol. The van der Waals surface area contributed by atoms with Crippen molar-refractivity contribution in [2.45, 2.75) is 32.6 Å². The number of aryl methyl sites for hydroxylation is 2. The van der Waals surface area contributed by atoms with E-state index >= 15 is 0 Å². The molecule has 0 saturated carbocycles. The molecule has 4 aromatic rings. The summed E-state index contributed by atoms with van der Waals surface area (Å²) in [6, 6.07) is 5.48. The molecule has 0 spiro atoms. The maximum Gasteiger partial charge on any atom is 0.278 e. The molecule has 1 aliphatic rings. The van der Waals surface area contributed by atoms with Crippen LogP contribution in [0.4, 0.5) is 0 Å². The minimum Gasteiger partial charge on any atom is -0.337 e. The van der Waals surface area contributed by atoms with Crippen molar-refractivity contribution < 1.29 is 9.32 Å². The summed E-state index contributed by atoms with van der Waals surface area (Å²) in [6.45, 7) is 5.07. The Labute approximate surface area is 175 Å². The number of amides is 1. The highest BCUT2D eigenvalue weighted by molar-refractivity contribution is 7.13. The van der Waals surface area contributed by atoms with Crippen molar-refractivity contribution in [3.8, 4) is 11.6 Å². The van der Waals surface area contributed by atoms with Gasteiger partial charge in [0, 0.05) is 41.8 Å². The third-order valence-corrected chi connectivity index (χ3v) is 6.27. The summed E-state index contributed by atoms with van der Waals surface area (Å²) >= 11 is 1.51. The molecule has 4 aromatic heterocycles. The second kappa shape index (κ2) is 7.21. The van der Waals surface area contributed by atoms with Crippen LogP contribution in [0.1, 0.15) is 44.8 Å². The van der Waals surface area contributed by atoms with Crippen LogP contribution < -0.4 is 5.56 Å². The van der Waals surface area contributed by atoms with Gasteiger partial charge in [0.25, 0.3) is 17.4 Å². The second-order valence-electron chi connectivity index (χ2n) is 7.58. The Bertz CT molecular complexity index is 1300. The van der Waals surface area contributed by atoms with Crippen LogP contribution in [0.25, 0.3) is 17.1 Å². The zero-order valence-electron chi connectivity index (χ0n) is 16.6. The first-order chi connectivity index (χ1) is 14.5. The Balaban J connectivity index is 1.38. The van der Waals surface area contributed by atoms with Gasteiger partial charge in [-0.05, 0) is 38.8 Å². The molecule has 0 aliphatic carbocycles. The lowest BCUT2D eigenvalue weighted by Gasteiger charge is -2.30. The Morgan fingerprint density at radius 2 is 2.20 bits per heavy atom. The summed E-state index contributed by atoms with van der Waals surface area (Å²) < 4.78 is 6.95. The number of fused-ring (bicyclic) bond motifs is 1. The Hall–Kier alpha value is -3.27. The first-order valence-electron chi connectivity index (χ1n) is 9.77. The fourth-order valence-corrected chi connectivity index (χ4v) is 4.64. The average Bonchev–Trinajstić information content (AvgIpc) is 3.46. The highest BCUT2D eigenvalue weighted by atomic mass is 32.1. The number of carbonyl (C=O) groups excluding carboxylic acids is 1. The van der Waals surface area contributed by atoms with E-state index in [1.807, 2.05) is 24.0 Å². The molecule has 0 bridgehead atoms. The number of aromatic nitrogens is 5. The van der Waals surface area contributed by atoms with Gasteiger partial charge in [0.05, 0.1) is 4.88 Å². The first-order valence-corrected chi connectivity index (χ1v) is 10.6. The van der Waals surface area contributed by atoms with Crippen LogP contribution in [0.15, 0.2) is 33.7 Å². The highest BCUT2D eigenvalue weighted by Gasteiger charge is 2.29. The molecule has 1 amide bonds. The number of nitrogens with one attached hydrogen (secondary N) is 1. The number of aromatic amines is 1. The second-order valence-corrected chi connectivity index (χ2v) is 8.87. The van der Waals surface area contributed by atoms with Crippen molar-refractivity contribution in [2.24, 2.45) is 0 Å². The molecule has 1 N–H and O–H groups in total. The van der Waals surface area contributed by atoms with Crippen molar-refractivity contribution in [1.82, 2.24) is 29.6 Å². The highest BCUT2D eigenvalue weighted by Crippen LogP contribution is 2.28. The SMILES string of the molecule is Cc1cn2nc(-c3nc(C4CCCN(C(=O)c5ccc(C)s5)C4)no3)cc2c(=O)[nH]1. The van der Waals surface area contributed by atoms with Crippen LogP contribution in [-0.2, 0) is 0 Å². The molecule has 0 aromatic carbocycles. The van der Waals surface area contributed by atoms with Crippen LogP contribution in [0.2, 0.25) is 0 Å². The number of rotatable bonds is 3. The van der Waals surface area contributed by atoms with E-state index in [9.17, 15) is 9.59 Å². The molecule has 10 heteroatoms. The summed E-state index contributed by atoms with van der Waals surface area (Å²) in [5.41, 5.74) is 1.35. The van der Waals surface area contributed by atoms with Gasteiger partial charge < -0.3 is 14.4 Å². The fraction of sp³-hybridized carbons (Fsp3) is 0.350. The van der Waals surface area contributed by atoms with Crippen molar-refractivity contribution in [3.63, 3.8) is 0 Å². The number of H-pyrrole nitrogens is 1. The van der Waals surface area contributed by atoms with Crippen LogP contribution in [0.5, 0.6) is 0 Å². The smallest absolute Gasteiger partial charge is 0.278 e. The summed E-state index contributed by atoms with van der Waals surface area (Å²) in [4.78, 5) is 35.9. The van der Waals surface area contributed by atoms with E-state index in [1.165, 1.54) is 15.9 Å². The molecule has 1 aliphatic heterocycles. The van der Waals surface area contributed by atoms with Gasteiger partial charge in [-0.25, -0.2) is 4.52 Å². The van der Waals surface area contributed by atoms with E-state index in [2.05, 4.69) is 20.2 Å². The molecule has 154 valence electrons. The minimum absolute atomic E-state index is 0.00365. The number of nitrogens with zero attached hydrogens (tertiary/aromatic N) is 5. The molecule has 5 heterocycles. The predicted molar refractivity (Wildman–Crippen MR) is 111 cm³/mol. The van der Waals surface area contributed by atoms with Gasteiger partial charge in [0.1, 0.15) is 5.52 Å². The van der Waals surface area contributed by atoms with Gasteiger partial charge >= 0.3 is 0 Å². The van der Waals surface area contributed by atoms with Crippen molar-refractivity contribution in [1.29, 1.82) is 0 Å². The number of carbonyl (C=O) groups is 1. The third-order valence-electron chi connectivity index (χ3n) is 5.28. The van der Waals surface area contributed by atoms with E-state index < -0.39 is 0 Å². The van der Waals surface area contributed by atoms with Crippen molar-refractivity contribution in [2.75, 3.05) is 13.1 Å². The summed E-state index contributed by atoms with van der Waals surface area (Å²) in [5.74, 6) is 0.885. The van der Waals surface area contributed by atoms with Gasteiger partial charge in [-0.3, -0.25) is 9.59 Å². The summed E-state index contributed by atoms with van der Waals surface area (Å²) in [6.07, 6.45) is 3.50. The van der Waals surface area contributed by atoms with Crippen LogP contribution >= 0.6 is 11.3 Å². The molecule has 9 nitrogen and oxygen atoms in total. The third kappa shape index (κ3) is 3.32. The Morgan fingerprint density at radius 3 is 3.00 bits per heavy atom. The van der Waals surface area contributed by atoms with Crippen LogP contribution in [0, 0.1) is 13.8 Å². The fourth-order valence-electron chi connectivity index (χ4n) is 3.81. The maximum atomic E-state index is 12.8. The minimum atomic E-state index is -0.223. The Morgan fingerprint density at radius 1 is 1.33 bits per heavy atom. The standard InChI is InChI=1S/C20H20N6O3S/c1-11-9-26-15(18(27)21-11)8-14(23-26)19-22-17(24-29-19)13-4-3-7-25(10-13)20(28)16-6-5-12(2)30-16/h5-6,8-9,13H,3-4,7,10H2,1-2H3,(H,21,27). The van der Waals surface area contributed by atoms with Gasteiger partial charge in [0.2, 0.25) is 0 Å². The first kappa shape index (κ1) is 18.7. The van der Waals surface area contributed by atoms with Gasteiger partial charge in [-0.2, -0.15) is 10.1 Å². The number of likely N-dealkylation sites (tertiary alicyclic amines) is 1. The van der Waals surface area contributed by atoms with Crippen molar-refractivity contribution in [3.05, 3.63) is 56.0 Å². The zero-order valence-corrected chi connectivity index (χ0v) is 17.4. The van der Waals surface area contributed by atoms with E-state index in [4.69, 9.17) is 4.52 Å². The molecule has 0 radical (unpaired) electrons. The van der Waals surface area contributed by atoms with E-state index in [0.717, 1.165) is 29.1 Å². The largest absolute Gasteiger partial charge is 0.337 e. The Kier molecular flexibility index (Phi) is 4.50. The van der Waals surface area contributed by atoms with E-state index in [1.54, 1.807) is 19.2 Å². The maximum absolute atomic E-state index is 12.8. The quantitative estimate of drug-likeness (QED) is 0.542. The molecule has 1 saturated heterocycles. The van der Waals surface area contributed by atoms with Crippen LogP contribution in [0.3, 0.4) is 0 Å². The molecule has 5 rings (SSSR count). The lowest BCUT2D eigenvalue weighted by molar-refractivity contribution is 0.0708. The zero-order chi connectivity index (χ0) is 20.8. The number of piperidine rings is 1. The number of hydrogen-bond acceptors (Lipinski definition) is 7. The van der Waals surface area contributed by atoms with Crippen molar-refractivity contribution >= 4 is 22.8 Å². The number of hydrogen-bond donors (Lipinski definition) is 1. The van der Waals surface area contributed by atoms with E-state index in [0.29, 0.717) is 29.3 Å². The van der Waals surface area contributed by atoms with Gasteiger partial charge in [0.15, 0.2) is 11.5 Å². The van der Waals surface area contributed by atoms with E-state index in [-0.39, 0.29) is 23.3 Å². The van der Waals surface area contributed by atoms with Crippen LogP contribution in [-0.4, -0.2) is 48.6 Å². The number of thiophene rings is 1. The lowest BCUT2D eigenvalue weighted by Crippen LogP contribution is -2.39. The summed E-state index contributed by atoms with van der Waals surface area (Å²) in [7, 11) is 0. The predicted octanol–water partition coefficient (Wildman–Crippen LogP) is 2.77. The molecular weight excluding hydrogens is 404 g/mol. The molecule has 30 heavy (non-hydrogen) atoms. The molecule has 1 unspecified atom stereocenters. The molecule has 1 fully saturated rings. The molecular formula is C20H20N6O3S. The summed E-state index contributed by atoms with van der Waals surface area (Å²) in [5, 5.41) is 8.53. The normalized spacial score (nSPS) is 17.0. The average molecular weight is 424 g/mol.